The smallest absolute Gasteiger partial charge is 0.127 e. The van der Waals surface area contributed by atoms with E-state index in [1.807, 2.05) is 13.1 Å². The topological polar surface area (TPSA) is 30.5 Å². The highest BCUT2D eigenvalue weighted by atomic mass is 19.1. The Hall–Kier alpha value is -1.13. The van der Waals surface area contributed by atoms with Crippen LogP contribution in [-0.4, -0.2) is 25.4 Å². The fourth-order valence-corrected chi connectivity index (χ4v) is 3.67. The Balaban J connectivity index is 1.88. The number of ether oxygens (including phenoxy) is 2. The molecule has 1 aromatic carbocycles. The summed E-state index contributed by atoms with van der Waals surface area (Å²) in [4.78, 5) is 0. The first-order chi connectivity index (χ1) is 10.2. The molecule has 1 aromatic rings. The molecule has 0 bridgehead atoms. The van der Waals surface area contributed by atoms with E-state index in [2.05, 4.69) is 12.2 Å². The second-order valence-corrected chi connectivity index (χ2v) is 6.25. The highest BCUT2D eigenvalue weighted by Gasteiger charge is 2.44. The van der Waals surface area contributed by atoms with Crippen LogP contribution in [-0.2, 0) is 4.74 Å². The third-order valence-corrected chi connectivity index (χ3v) is 4.72. The molecule has 116 valence electrons. The molecule has 3 atom stereocenters. The molecule has 2 aliphatic heterocycles. The molecular weight excluding hydrogens is 269 g/mol. The molecule has 0 amide bonds. The van der Waals surface area contributed by atoms with Gasteiger partial charge in [0.05, 0.1) is 12.7 Å². The quantitative estimate of drug-likeness (QED) is 0.924. The van der Waals surface area contributed by atoms with Crippen molar-refractivity contribution < 1.29 is 13.9 Å². The van der Waals surface area contributed by atoms with Crippen molar-refractivity contribution in [1.29, 1.82) is 0 Å². The van der Waals surface area contributed by atoms with Crippen LogP contribution in [0.1, 0.15) is 50.6 Å². The van der Waals surface area contributed by atoms with Gasteiger partial charge in [-0.3, -0.25) is 0 Å². The Morgan fingerprint density at radius 3 is 3.00 bits per heavy atom. The molecule has 1 fully saturated rings. The van der Waals surface area contributed by atoms with Crippen molar-refractivity contribution in [3.05, 3.63) is 29.6 Å². The first-order valence-corrected chi connectivity index (χ1v) is 7.93. The average molecular weight is 293 g/mol. The van der Waals surface area contributed by atoms with E-state index in [-0.39, 0.29) is 23.6 Å². The highest BCUT2D eigenvalue weighted by molar-refractivity contribution is 5.39. The van der Waals surface area contributed by atoms with Gasteiger partial charge < -0.3 is 14.8 Å². The molecule has 21 heavy (non-hydrogen) atoms. The summed E-state index contributed by atoms with van der Waals surface area (Å²) in [5.74, 6) is 0.454. The van der Waals surface area contributed by atoms with Crippen molar-refractivity contribution in [3.8, 4) is 5.75 Å². The van der Waals surface area contributed by atoms with Crippen LogP contribution in [0.4, 0.5) is 4.39 Å². The summed E-state index contributed by atoms with van der Waals surface area (Å²) in [5, 5.41) is 3.35. The summed E-state index contributed by atoms with van der Waals surface area (Å²) in [6.45, 7) is 2.90. The van der Waals surface area contributed by atoms with Crippen LogP contribution in [0.3, 0.4) is 0 Å². The third-order valence-electron chi connectivity index (χ3n) is 4.72. The lowest BCUT2D eigenvalue weighted by atomic mass is 9.79. The van der Waals surface area contributed by atoms with Gasteiger partial charge in [0.2, 0.25) is 0 Å². The first kappa shape index (κ1) is 14.8. The first-order valence-electron chi connectivity index (χ1n) is 7.93. The summed E-state index contributed by atoms with van der Waals surface area (Å²) in [5.41, 5.74) is 0.843. The number of fused-ring (bicyclic) bond motifs is 1. The van der Waals surface area contributed by atoms with Gasteiger partial charge in [0.25, 0.3) is 0 Å². The van der Waals surface area contributed by atoms with Gasteiger partial charge in [-0.05, 0) is 19.5 Å². The lowest BCUT2D eigenvalue weighted by Gasteiger charge is -2.46. The van der Waals surface area contributed by atoms with Gasteiger partial charge in [0, 0.05) is 36.9 Å². The van der Waals surface area contributed by atoms with Gasteiger partial charge in [0.1, 0.15) is 17.2 Å². The van der Waals surface area contributed by atoms with Gasteiger partial charge in [-0.2, -0.15) is 0 Å². The maximum atomic E-state index is 13.6. The predicted molar refractivity (Wildman–Crippen MR) is 80.1 cm³/mol. The van der Waals surface area contributed by atoms with Crippen molar-refractivity contribution in [3.63, 3.8) is 0 Å². The zero-order valence-corrected chi connectivity index (χ0v) is 12.8. The molecule has 2 aliphatic rings. The largest absolute Gasteiger partial charge is 0.487 e. The summed E-state index contributed by atoms with van der Waals surface area (Å²) in [6.07, 6.45) is 5.13. The minimum atomic E-state index is -0.238. The van der Waals surface area contributed by atoms with Crippen molar-refractivity contribution >= 4 is 0 Å². The molecule has 2 heterocycles. The van der Waals surface area contributed by atoms with Crippen molar-refractivity contribution in [2.45, 2.75) is 56.8 Å². The van der Waals surface area contributed by atoms with Crippen LogP contribution in [0.15, 0.2) is 18.2 Å². The van der Waals surface area contributed by atoms with E-state index in [1.165, 1.54) is 12.1 Å². The van der Waals surface area contributed by atoms with Gasteiger partial charge in [-0.1, -0.05) is 19.4 Å². The lowest BCUT2D eigenvalue weighted by molar-refractivity contribution is -0.105. The second-order valence-electron chi connectivity index (χ2n) is 6.25. The average Bonchev–Trinajstić information content (AvgIpc) is 2.46. The summed E-state index contributed by atoms with van der Waals surface area (Å²) in [7, 11) is 1.96. The van der Waals surface area contributed by atoms with Crippen LogP contribution in [0.25, 0.3) is 0 Å². The number of hydrogen-bond acceptors (Lipinski definition) is 3. The molecule has 3 nitrogen and oxygen atoms in total. The molecule has 0 aliphatic carbocycles. The molecule has 0 radical (unpaired) electrons. The van der Waals surface area contributed by atoms with E-state index in [1.54, 1.807) is 0 Å². The maximum Gasteiger partial charge on any atom is 0.127 e. The number of rotatable bonds is 3. The van der Waals surface area contributed by atoms with E-state index < -0.39 is 0 Å². The Kier molecular flexibility index (Phi) is 4.18. The summed E-state index contributed by atoms with van der Waals surface area (Å²) >= 11 is 0. The van der Waals surface area contributed by atoms with E-state index in [9.17, 15) is 4.39 Å². The molecule has 1 spiro atoms. The fraction of sp³-hybridized carbons (Fsp3) is 0.647. The summed E-state index contributed by atoms with van der Waals surface area (Å²) in [6, 6.07) is 5.08. The molecule has 1 saturated heterocycles. The molecule has 1 N–H and O–H groups in total. The molecule has 3 rings (SSSR count). The Morgan fingerprint density at radius 2 is 2.24 bits per heavy atom. The van der Waals surface area contributed by atoms with Crippen LogP contribution in [0, 0.1) is 5.82 Å². The Bertz CT molecular complexity index is 506. The molecule has 4 heteroatoms. The van der Waals surface area contributed by atoms with Crippen LogP contribution < -0.4 is 10.1 Å². The van der Waals surface area contributed by atoms with Crippen LogP contribution in [0.5, 0.6) is 5.75 Å². The normalized spacial score (nSPS) is 31.8. The number of hydrogen-bond donors (Lipinski definition) is 1. The third kappa shape index (κ3) is 2.92. The SMILES string of the molecule is CCCC1CC2(CCO1)CC(NC)c1ccc(F)cc1O2. The number of benzene rings is 1. The highest BCUT2D eigenvalue weighted by Crippen LogP contribution is 2.45. The molecule has 3 unspecified atom stereocenters. The Morgan fingerprint density at radius 1 is 1.38 bits per heavy atom. The van der Waals surface area contributed by atoms with Crippen molar-refractivity contribution in [1.82, 2.24) is 5.32 Å². The second kappa shape index (κ2) is 5.93. The van der Waals surface area contributed by atoms with E-state index >= 15 is 0 Å². The maximum absolute atomic E-state index is 13.6. The van der Waals surface area contributed by atoms with Gasteiger partial charge >= 0.3 is 0 Å². The predicted octanol–water partition coefficient (Wildman–Crippen LogP) is 3.59. The van der Waals surface area contributed by atoms with Gasteiger partial charge in [-0.15, -0.1) is 0 Å². The Labute approximate surface area is 125 Å². The van der Waals surface area contributed by atoms with Crippen LogP contribution in [0.2, 0.25) is 0 Å². The molecule has 0 saturated carbocycles. The van der Waals surface area contributed by atoms with E-state index in [0.717, 1.165) is 44.3 Å². The van der Waals surface area contributed by atoms with E-state index in [4.69, 9.17) is 9.47 Å². The zero-order valence-electron chi connectivity index (χ0n) is 12.8. The minimum absolute atomic E-state index is 0.216. The van der Waals surface area contributed by atoms with E-state index in [0.29, 0.717) is 5.75 Å². The monoisotopic (exact) mass is 293 g/mol. The minimum Gasteiger partial charge on any atom is -0.487 e. The molecular formula is C17H24FNO2. The summed E-state index contributed by atoms with van der Waals surface area (Å²) < 4.78 is 25.7. The van der Waals surface area contributed by atoms with Gasteiger partial charge in [-0.25, -0.2) is 4.39 Å². The fourth-order valence-electron chi connectivity index (χ4n) is 3.67. The van der Waals surface area contributed by atoms with Crippen molar-refractivity contribution in [2.24, 2.45) is 0 Å². The zero-order chi connectivity index (χ0) is 14.9. The number of halogens is 1. The van der Waals surface area contributed by atoms with Gasteiger partial charge in [0.15, 0.2) is 0 Å². The molecule has 0 aromatic heterocycles. The lowest BCUT2D eigenvalue weighted by Crippen LogP contribution is -2.50. The number of nitrogens with one attached hydrogen (secondary N) is 1. The van der Waals surface area contributed by atoms with Crippen molar-refractivity contribution in [2.75, 3.05) is 13.7 Å². The van der Waals surface area contributed by atoms with Crippen LogP contribution >= 0.6 is 0 Å². The standard InChI is InChI=1S/C17H24FNO2/c1-3-4-13-10-17(7-8-20-13)11-15(19-2)14-6-5-12(18)9-16(14)21-17/h5-6,9,13,15,19H,3-4,7-8,10-11H2,1-2H3.